The summed E-state index contributed by atoms with van der Waals surface area (Å²) in [7, 11) is 4.48. The van der Waals surface area contributed by atoms with Gasteiger partial charge in [0.2, 0.25) is 0 Å². The Balaban J connectivity index is 1.87. The zero-order valence-corrected chi connectivity index (χ0v) is 17.2. The molecule has 10 heteroatoms. The summed E-state index contributed by atoms with van der Waals surface area (Å²) in [6, 6.07) is 8.98. The number of non-ortho nitro benzene ring substituents is 1. The van der Waals surface area contributed by atoms with E-state index in [9.17, 15) is 19.7 Å². The fourth-order valence-electron chi connectivity index (χ4n) is 2.85. The number of imide groups is 1. The predicted molar refractivity (Wildman–Crippen MR) is 111 cm³/mol. The van der Waals surface area contributed by atoms with Crippen LogP contribution in [0, 0.1) is 10.1 Å². The van der Waals surface area contributed by atoms with E-state index in [2.05, 4.69) is 0 Å². The van der Waals surface area contributed by atoms with Gasteiger partial charge in [0.15, 0.2) is 11.5 Å². The van der Waals surface area contributed by atoms with Crippen molar-refractivity contribution < 1.29 is 28.7 Å². The van der Waals surface area contributed by atoms with Gasteiger partial charge in [0, 0.05) is 23.8 Å². The van der Waals surface area contributed by atoms with Crippen molar-refractivity contribution >= 4 is 34.7 Å². The molecule has 30 heavy (non-hydrogen) atoms. The SMILES string of the molecule is COc1cc(OC)c(OC)cc1/C=C1\SC(=O)N(Cc2ccc([N+](=O)[O-])cc2)C1=O. The second-order valence-corrected chi connectivity index (χ2v) is 7.13. The molecule has 2 aromatic carbocycles. The van der Waals surface area contributed by atoms with Crippen LogP contribution in [0.5, 0.6) is 17.2 Å². The largest absolute Gasteiger partial charge is 0.496 e. The third-order valence-electron chi connectivity index (χ3n) is 4.38. The summed E-state index contributed by atoms with van der Waals surface area (Å²) in [5, 5.41) is 10.3. The number of amides is 2. The molecule has 0 aliphatic carbocycles. The maximum Gasteiger partial charge on any atom is 0.293 e. The highest BCUT2D eigenvalue weighted by Gasteiger charge is 2.35. The minimum Gasteiger partial charge on any atom is -0.496 e. The average molecular weight is 430 g/mol. The quantitative estimate of drug-likeness (QED) is 0.370. The van der Waals surface area contributed by atoms with E-state index in [4.69, 9.17) is 14.2 Å². The Morgan fingerprint density at radius 2 is 1.60 bits per heavy atom. The van der Waals surface area contributed by atoms with Gasteiger partial charge in [0.25, 0.3) is 16.8 Å². The van der Waals surface area contributed by atoms with Crippen LogP contribution in [0.15, 0.2) is 41.3 Å². The predicted octanol–water partition coefficient (Wildman–Crippen LogP) is 3.86. The van der Waals surface area contributed by atoms with E-state index >= 15 is 0 Å². The summed E-state index contributed by atoms with van der Waals surface area (Å²) < 4.78 is 15.9. The fourth-order valence-corrected chi connectivity index (χ4v) is 3.68. The summed E-state index contributed by atoms with van der Waals surface area (Å²) in [5.74, 6) is 0.919. The first kappa shape index (κ1) is 21.2. The van der Waals surface area contributed by atoms with Gasteiger partial charge in [-0.15, -0.1) is 0 Å². The number of nitro groups is 1. The van der Waals surface area contributed by atoms with Crippen LogP contribution in [0.2, 0.25) is 0 Å². The zero-order valence-electron chi connectivity index (χ0n) is 16.4. The molecular weight excluding hydrogens is 412 g/mol. The lowest BCUT2D eigenvalue weighted by atomic mass is 10.1. The number of nitro benzene ring substituents is 1. The van der Waals surface area contributed by atoms with Gasteiger partial charge in [0.1, 0.15) is 5.75 Å². The Labute approximate surface area is 176 Å². The van der Waals surface area contributed by atoms with Gasteiger partial charge < -0.3 is 14.2 Å². The molecule has 1 aliphatic rings. The molecule has 2 amide bonds. The molecular formula is C20H18N2O7S. The summed E-state index contributed by atoms with van der Waals surface area (Å²) in [4.78, 5) is 36.7. The second-order valence-electron chi connectivity index (χ2n) is 6.14. The van der Waals surface area contributed by atoms with Gasteiger partial charge in [0.05, 0.1) is 37.7 Å². The molecule has 1 heterocycles. The van der Waals surface area contributed by atoms with Crippen LogP contribution in [-0.4, -0.2) is 42.3 Å². The number of methoxy groups -OCH3 is 3. The van der Waals surface area contributed by atoms with E-state index < -0.39 is 16.1 Å². The first-order valence-electron chi connectivity index (χ1n) is 8.66. The smallest absolute Gasteiger partial charge is 0.293 e. The highest BCUT2D eigenvalue weighted by atomic mass is 32.2. The lowest BCUT2D eigenvalue weighted by Crippen LogP contribution is -2.27. The third kappa shape index (κ3) is 4.23. The summed E-state index contributed by atoms with van der Waals surface area (Å²) in [5.41, 5.74) is 1.09. The number of carbonyl (C=O) groups excluding carboxylic acids is 2. The molecule has 2 aromatic rings. The lowest BCUT2D eigenvalue weighted by Gasteiger charge is -2.13. The molecule has 1 aliphatic heterocycles. The van der Waals surface area contributed by atoms with Crippen molar-refractivity contribution in [3.05, 3.63) is 62.5 Å². The molecule has 0 atom stereocenters. The molecule has 0 radical (unpaired) electrons. The van der Waals surface area contributed by atoms with Crippen LogP contribution < -0.4 is 14.2 Å². The van der Waals surface area contributed by atoms with E-state index in [0.717, 1.165) is 16.7 Å². The van der Waals surface area contributed by atoms with Crippen LogP contribution in [0.4, 0.5) is 10.5 Å². The second kappa shape index (κ2) is 8.87. The zero-order chi connectivity index (χ0) is 21.8. The van der Waals surface area contributed by atoms with Gasteiger partial charge in [-0.05, 0) is 29.5 Å². The summed E-state index contributed by atoms with van der Waals surface area (Å²) >= 11 is 0.809. The summed E-state index contributed by atoms with van der Waals surface area (Å²) in [6.07, 6.45) is 1.56. The minimum absolute atomic E-state index is 0.0169. The maximum atomic E-state index is 12.8. The number of ether oxygens (including phenoxy) is 3. The fraction of sp³-hybridized carbons (Fsp3) is 0.200. The van der Waals surface area contributed by atoms with E-state index in [1.165, 1.54) is 45.6 Å². The van der Waals surface area contributed by atoms with Crippen molar-refractivity contribution in [2.75, 3.05) is 21.3 Å². The van der Waals surface area contributed by atoms with Crippen molar-refractivity contribution in [2.24, 2.45) is 0 Å². The number of nitrogens with zero attached hydrogens (tertiary/aromatic N) is 2. The van der Waals surface area contributed by atoms with Gasteiger partial charge in [-0.3, -0.25) is 24.6 Å². The Hall–Kier alpha value is -3.53. The molecule has 9 nitrogen and oxygen atoms in total. The number of hydrogen-bond donors (Lipinski definition) is 0. The van der Waals surface area contributed by atoms with E-state index in [-0.39, 0.29) is 17.1 Å². The molecule has 0 aromatic heterocycles. The van der Waals surface area contributed by atoms with Crippen molar-refractivity contribution in [1.29, 1.82) is 0 Å². The minimum atomic E-state index is -0.511. The number of hydrogen-bond acceptors (Lipinski definition) is 8. The third-order valence-corrected chi connectivity index (χ3v) is 5.29. The number of carbonyl (C=O) groups is 2. The average Bonchev–Trinajstić information content (AvgIpc) is 3.01. The van der Waals surface area contributed by atoms with Crippen molar-refractivity contribution in [1.82, 2.24) is 4.90 Å². The van der Waals surface area contributed by atoms with Gasteiger partial charge in [-0.2, -0.15) is 0 Å². The topological polar surface area (TPSA) is 108 Å². The van der Waals surface area contributed by atoms with Gasteiger partial charge >= 0.3 is 0 Å². The molecule has 1 saturated heterocycles. The van der Waals surface area contributed by atoms with Gasteiger partial charge in [-0.1, -0.05) is 12.1 Å². The number of thioether (sulfide) groups is 1. The number of benzene rings is 2. The van der Waals surface area contributed by atoms with Crippen molar-refractivity contribution in [2.45, 2.75) is 6.54 Å². The maximum absolute atomic E-state index is 12.8. The lowest BCUT2D eigenvalue weighted by molar-refractivity contribution is -0.384. The molecule has 3 rings (SSSR count). The number of rotatable bonds is 7. The summed E-state index contributed by atoms with van der Waals surface area (Å²) in [6.45, 7) is 0.0169. The molecule has 0 saturated carbocycles. The Morgan fingerprint density at radius 1 is 1.00 bits per heavy atom. The molecule has 0 bridgehead atoms. The van der Waals surface area contributed by atoms with Gasteiger partial charge in [-0.25, -0.2) is 0 Å². The molecule has 0 unspecified atom stereocenters. The van der Waals surface area contributed by atoms with Crippen LogP contribution in [0.3, 0.4) is 0 Å². The van der Waals surface area contributed by atoms with E-state index in [0.29, 0.717) is 28.4 Å². The first-order chi connectivity index (χ1) is 14.4. The normalized spacial score (nSPS) is 14.9. The molecule has 156 valence electrons. The van der Waals surface area contributed by atoms with E-state index in [1.807, 2.05) is 0 Å². The first-order valence-corrected chi connectivity index (χ1v) is 9.48. The van der Waals surface area contributed by atoms with Crippen molar-refractivity contribution in [3.8, 4) is 17.2 Å². The van der Waals surface area contributed by atoms with E-state index in [1.54, 1.807) is 18.2 Å². The molecule has 0 spiro atoms. The standard InChI is InChI=1S/C20H18N2O7S/c1-27-15-10-17(29-3)16(28-2)8-13(15)9-18-19(23)21(20(24)30-18)11-12-4-6-14(7-5-12)22(25)26/h4-10H,11H2,1-3H3/b18-9-. The monoisotopic (exact) mass is 430 g/mol. The highest BCUT2D eigenvalue weighted by Crippen LogP contribution is 2.39. The van der Waals surface area contributed by atoms with Crippen LogP contribution in [-0.2, 0) is 11.3 Å². The van der Waals surface area contributed by atoms with Crippen LogP contribution in [0.25, 0.3) is 6.08 Å². The Bertz CT molecular complexity index is 1030. The molecule has 0 N–H and O–H groups in total. The Morgan fingerprint density at radius 3 is 2.17 bits per heavy atom. The van der Waals surface area contributed by atoms with Crippen LogP contribution >= 0.6 is 11.8 Å². The molecule has 1 fully saturated rings. The highest BCUT2D eigenvalue weighted by molar-refractivity contribution is 8.18. The van der Waals surface area contributed by atoms with Crippen LogP contribution in [0.1, 0.15) is 11.1 Å². The van der Waals surface area contributed by atoms with Crippen molar-refractivity contribution in [3.63, 3.8) is 0 Å². The Kier molecular flexibility index (Phi) is 6.26.